The minimum Gasteiger partial charge on any atom is -0.478 e. The second-order valence-electron chi connectivity index (χ2n) is 2.62. The Morgan fingerprint density at radius 3 is 1.94 bits per heavy atom. The average molecular weight is 238 g/mol. The van der Waals surface area contributed by atoms with Crippen molar-refractivity contribution in [2.24, 2.45) is 5.73 Å². The molecule has 7 heteroatoms. The lowest BCUT2D eigenvalue weighted by molar-refractivity contribution is -0.134. The largest absolute Gasteiger partial charge is 0.478 e. The molecule has 0 aliphatic heterocycles. The molecule has 0 aliphatic carbocycles. The third-order valence-corrected chi connectivity index (χ3v) is 1.31. The van der Waals surface area contributed by atoms with Crippen molar-refractivity contribution in [3.63, 3.8) is 0 Å². The molecule has 0 saturated heterocycles. The highest BCUT2D eigenvalue weighted by atomic mass is 16.4. The van der Waals surface area contributed by atoms with Crippen molar-refractivity contribution in [1.29, 1.82) is 0 Å². The van der Waals surface area contributed by atoms with E-state index in [1.54, 1.807) is 18.3 Å². The molecule has 0 radical (unpaired) electrons. The van der Waals surface area contributed by atoms with Crippen molar-refractivity contribution in [1.82, 2.24) is 4.98 Å². The van der Waals surface area contributed by atoms with Gasteiger partial charge in [-0.3, -0.25) is 9.78 Å². The summed E-state index contributed by atoms with van der Waals surface area (Å²) >= 11 is 0. The molecule has 1 rings (SSSR count). The number of carboxylic acids is 2. The molecule has 0 spiro atoms. The summed E-state index contributed by atoms with van der Waals surface area (Å²) in [5, 5.41) is 15.6. The smallest absolute Gasteiger partial charge is 0.328 e. The molecule has 0 fully saturated rings. The fourth-order valence-corrected chi connectivity index (χ4v) is 0.651. The Bertz CT molecular complexity index is 412. The van der Waals surface area contributed by atoms with Crippen LogP contribution in [0.4, 0.5) is 0 Å². The zero-order valence-electron chi connectivity index (χ0n) is 8.61. The van der Waals surface area contributed by atoms with Crippen molar-refractivity contribution in [2.45, 2.75) is 0 Å². The highest BCUT2D eigenvalue weighted by Gasteiger charge is 1.94. The summed E-state index contributed by atoms with van der Waals surface area (Å²) in [5.41, 5.74) is 5.38. The normalized spacial score (nSPS) is 9.18. The maximum absolute atomic E-state index is 10.4. The van der Waals surface area contributed by atoms with Gasteiger partial charge in [0.25, 0.3) is 0 Å². The topological polar surface area (TPSA) is 131 Å². The van der Waals surface area contributed by atoms with Crippen LogP contribution in [-0.4, -0.2) is 33.0 Å². The molecule has 1 aromatic heterocycles. The second-order valence-corrected chi connectivity index (χ2v) is 2.62. The highest BCUT2D eigenvalue weighted by molar-refractivity contribution is 5.92. The Labute approximate surface area is 96.2 Å². The SMILES string of the molecule is NC(=O)c1cccnc1.O=C(O)/C=C/C(=O)O. The number of amides is 1. The molecule has 4 N–H and O–H groups in total. The molecule has 0 unspecified atom stereocenters. The summed E-state index contributed by atoms with van der Waals surface area (Å²) in [4.78, 5) is 33.2. The maximum Gasteiger partial charge on any atom is 0.328 e. The number of carbonyl (C=O) groups excluding carboxylic acids is 1. The molecule has 1 amide bonds. The summed E-state index contributed by atoms with van der Waals surface area (Å²) in [6, 6.07) is 3.29. The van der Waals surface area contributed by atoms with E-state index in [4.69, 9.17) is 15.9 Å². The van der Waals surface area contributed by atoms with Gasteiger partial charge in [-0.15, -0.1) is 0 Å². The first-order valence-corrected chi connectivity index (χ1v) is 4.27. The quantitative estimate of drug-likeness (QED) is 0.630. The molecular formula is C10H10N2O5. The fourth-order valence-electron chi connectivity index (χ4n) is 0.651. The Morgan fingerprint density at radius 1 is 1.18 bits per heavy atom. The number of aliphatic carboxylic acids is 2. The van der Waals surface area contributed by atoms with Gasteiger partial charge in [-0.25, -0.2) is 9.59 Å². The lowest BCUT2D eigenvalue weighted by atomic mass is 10.3. The summed E-state index contributed by atoms with van der Waals surface area (Å²) in [6.07, 6.45) is 4.14. The number of carbonyl (C=O) groups is 3. The summed E-state index contributed by atoms with van der Waals surface area (Å²) in [7, 11) is 0. The van der Waals surface area contributed by atoms with Gasteiger partial charge in [0.15, 0.2) is 0 Å². The van der Waals surface area contributed by atoms with Crippen LogP contribution in [0, 0.1) is 0 Å². The third-order valence-electron chi connectivity index (χ3n) is 1.31. The van der Waals surface area contributed by atoms with E-state index in [1.807, 2.05) is 0 Å². The Morgan fingerprint density at radius 2 is 1.71 bits per heavy atom. The van der Waals surface area contributed by atoms with Gasteiger partial charge in [0, 0.05) is 24.5 Å². The van der Waals surface area contributed by atoms with Gasteiger partial charge in [-0.2, -0.15) is 0 Å². The van der Waals surface area contributed by atoms with Crippen LogP contribution in [0.2, 0.25) is 0 Å². The van der Waals surface area contributed by atoms with Gasteiger partial charge in [0.1, 0.15) is 0 Å². The lowest BCUT2D eigenvalue weighted by Crippen LogP contribution is -2.10. The number of nitrogens with two attached hydrogens (primary N) is 1. The number of primary amides is 1. The lowest BCUT2D eigenvalue weighted by Gasteiger charge is -1.88. The van der Waals surface area contributed by atoms with Crippen LogP contribution < -0.4 is 5.73 Å². The zero-order valence-corrected chi connectivity index (χ0v) is 8.61. The molecule has 1 aromatic rings. The number of pyridine rings is 1. The Kier molecular flexibility index (Phi) is 6.37. The molecule has 90 valence electrons. The summed E-state index contributed by atoms with van der Waals surface area (Å²) in [5.74, 6) is -2.96. The first-order chi connectivity index (χ1) is 7.93. The van der Waals surface area contributed by atoms with Crippen molar-refractivity contribution < 1.29 is 24.6 Å². The molecule has 0 bridgehead atoms. The van der Waals surface area contributed by atoms with E-state index in [0.29, 0.717) is 17.7 Å². The van der Waals surface area contributed by atoms with Crippen LogP contribution in [0.3, 0.4) is 0 Å². The van der Waals surface area contributed by atoms with Gasteiger partial charge < -0.3 is 15.9 Å². The predicted octanol–water partition coefficient (Wildman–Crippen LogP) is -0.108. The van der Waals surface area contributed by atoms with Gasteiger partial charge in [-0.05, 0) is 12.1 Å². The van der Waals surface area contributed by atoms with Gasteiger partial charge >= 0.3 is 11.9 Å². The Hall–Kier alpha value is -2.70. The number of hydrogen-bond acceptors (Lipinski definition) is 4. The van der Waals surface area contributed by atoms with Crippen molar-refractivity contribution in [2.75, 3.05) is 0 Å². The molecule has 1 heterocycles. The summed E-state index contributed by atoms with van der Waals surface area (Å²) < 4.78 is 0. The van der Waals surface area contributed by atoms with E-state index in [0.717, 1.165) is 0 Å². The molecule has 0 saturated carbocycles. The molecular weight excluding hydrogens is 228 g/mol. The van der Waals surface area contributed by atoms with E-state index in [1.165, 1.54) is 6.20 Å². The van der Waals surface area contributed by atoms with Crippen molar-refractivity contribution in [3.8, 4) is 0 Å². The number of carboxylic acid groups (broad SMARTS) is 2. The van der Waals surface area contributed by atoms with Gasteiger partial charge in [0.05, 0.1) is 5.56 Å². The van der Waals surface area contributed by atoms with Crippen molar-refractivity contribution >= 4 is 17.8 Å². The first-order valence-electron chi connectivity index (χ1n) is 4.27. The Balaban J connectivity index is 0.000000304. The number of rotatable bonds is 3. The molecule has 0 atom stereocenters. The first kappa shape index (κ1) is 14.3. The molecule has 0 aromatic carbocycles. The van der Waals surface area contributed by atoms with Crippen LogP contribution in [0.1, 0.15) is 10.4 Å². The number of hydrogen-bond donors (Lipinski definition) is 3. The highest BCUT2D eigenvalue weighted by Crippen LogP contribution is 1.91. The molecule has 17 heavy (non-hydrogen) atoms. The monoisotopic (exact) mass is 238 g/mol. The van der Waals surface area contributed by atoms with E-state index in [-0.39, 0.29) is 0 Å². The van der Waals surface area contributed by atoms with Crippen LogP contribution in [0.25, 0.3) is 0 Å². The van der Waals surface area contributed by atoms with Crippen LogP contribution in [0.15, 0.2) is 36.7 Å². The van der Waals surface area contributed by atoms with E-state index < -0.39 is 17.8 Å². The van der Waals surface area contributed by atoms with Crippen molar-refractivity contribution in [3.05, 3.63) is 42.2 Å². The number of nitrogens with zero attached hydrogens (tertiary/aromatic N) is 1. The van der Waals surface area contributed by atoms with Gasteiger partial charge in [-0.1, -0.05) is 0 Å². The minimum absolute atomic E-state index is 0.442. The van der Waals surface area contributed by atoms with E-state index in [2.05, 4.69) is 4.98 Å². The summed E-state index contributed by atoms with van der Waals surface area (Å²) in [6.45, 7) is 0. The molecule has 7 nitrogen and oxygen atoms in total. The van der Waals surface area contributed by atoms with Crippen LogP contribution in [0.5, 0.6) is 0 Å². The fraction of sp³-hybridized carbons (Fsp3) is 0. The molecule has 0 aliphatic rings. The average Bonchev–Trinajstić information content (AvgIpc) is 2.28. The van der Waals surface area contributed by atoms with Gasteiger partial charge in [0.2, 0.25) is 5.91 Å². The third kappa shape index (κ3) is 8.30. The standard InChI is InChI=1S/C6H6N2O.C4H4O4/c7-6(9)5-2-1-3-8-4-5;5-3(6)1-2-4(7)8/h1-4H,(H2,7,9);1-2H,(H,5,6)(H,7,8)/b;2-1+. The van der Waals surface area contributed by atoms with Crippen LogP contribution in [-0.2, 0) is 9.59 Å². The number of aromatic nitrogens is 1. The van der Waals surface area contributed by atoms with Crippen LogP contribution >= 0.6 is 0 Å². The zero-order chi connectivity index (χ0) is 13.3. The predicted molar refractivity (Wildman–Crippen MR) is 57.2 cm³/mol. The maximum atomic E-state index is 10.4. The van der Waals surface area contributed by atoms with E-state index in [9.17, 15) is 14.4 Å². The van der Waals surface area contributed by atoms with E-state index >= 15 is 0 Å². The second kappa shape index (κ2) is 7.57. The minimum atomic E-state index is -1.26.